The molecule has 3 aromatic carbocycles. The van der Waals surface area contributed by atoms with Gasteiger partial charge in [-0.25, -0.2) is 8.42 Å². The van der Waals surface area contributed by atoms with E-state index in [0.29, 0.717) is 11.5 Å². The molecule has 168 valence electrons. The predicted octanol–water partition coefficient (Wildman–Crippen LogP) is 1.77. The van der Waals surface area contributed by atoms with Crippen molar-refractivity contribution in [3.8, 4) is 35.3 Å². The maximum Gasteiger partial charge on any atom is 1.00 e. The minimum Gasteiger partial charge on any atom is -0.744 e. The summed E-state index contributed by atoms with van der Waals surface area (Å²) < 4.78 is 50.4. The van der Waals surface area contributed by atoms with Gasteiger partial charge in [-0.2, -0.15) is 0 Å². The molecule has 11 heteroatoms. The van der Waals surface area contributed by atoms with Crippen LogP contribution in [0, 0.1) is 13.8 Å². The van der Waals surface area contributed by atoms with Gasteiger partial charge in [-0.3, -0.25) is 0 Å². The first-order valence-corrected chi connectivity index (χ1v) is 11.1. The van der Waals surface area contributed by atoms with Crippen LogP contribution in [0.3, 0.4) is 0 Å². The van der Waals surface area contributed by atoms with E-state index >= 15 is 0 Å². The fourth-order valence-corrected chi connectivity index (χ4v) is 3.13. The van der Waals surface area contributed by atoms with Gasteiger partial charge in [-0.15, -0.1) is 15.0 Å². The third-order valence-electron chi connectivity index (χ3n) is 4.36. The van der Waals surface area contributed by atoms with E-state index in [-0.39, 0.29) is 58.2 Å². The number of aryl methyl sites for hydroxylation is 2. The van der Waals surface area contributed by atoms with E-state index in [4.69, 9.17) is 14.2 Å². The molecule has 0 atom stereocenters. The van der Waals surface area contributed by atoms with Gasteiger partial charge in [-0.1, -0.05) is 35.4 Å². The van der Waals surface area contributed by atoms with Crippen LogP contribution in [0.2, 0.25) is 0 Å². The van der Waals surface area contributed by atoms with Gasteiger partial charge in [0.15, 0.2) is 0 Å². The van der Waals surface area contributed by atoms with E-state index in [0.717, 1.165) is 23.3 Å². The van der Waals surface area contributed by atoms with Crippen molar-refractivity contribution in [2.45, 2.75) is 18.7 Å². The molecule has 4 rings (SSSR count). The Kier molecular flexibility index (Phi) is 8.24. The zero-order valence-corrected chi connectivity index (χ0v) is 21.4. The van der Waals surface area contributed by atoms with Crippen LogP contribution in [0.25, 0.3) is 0 Å². The molecule has 0 radical (unpaired) electrons. The predicted molar refractivity (Wildman–Crippen MR) is 117 cm³/mol. The largest absolute Gasteiger partial charge is 1.00 e. The fourth-order valence-electron chi connectivity index (χ4n) is 2.66. The second-order valence-corrected chi connectivity index (χ2v) is 8.42. The Balaban J connectivity index is 0.00000324. The summed E-state index contributed by atoms with van der Waals surface area (Å²) in [5.41, 5.74) is 2.13. The smallest absolute Gasteiger partial charge is 0.744 e. The van der Waals surface area contributed by atoms with E-state index in [1.807, 2.05) is 38.1 Å². The summed E-state index contributed by atoms with van der Waals surface area (Å²) in [5.74, 6) is 1.21. The van der Waals surface area contributed by atoms with Crippen LogP contribution in [0.15, 0.2) is 77.7 Å². The molecule has 34 heavy (non-hydrogen) atoms. The zero-order chi connectivity index (χ0) is 23.4. The van der Waals surface area contributed by atoms with Gasteiger partial charge in [0.25, 0.3) is 0 Å². The minimum atomic E-state index is -4.57. The van der Waals surface area contributed by atoms with Gasteiger partial charge in [0.05, 0.1) is 4.90 Å². The Morgan fingerprint density at radius 1 is 0.588 bits per heavy atom. The van der Waals surface area contributed by atoms with Crippen molar-refractivity contribution in [2.75, 3.05) is 0 Å². The van der Waals surface area contributed by atoms with Crippen LogP contribution in [-0.2, 0) is 10.1 Å². The van der Waals surface area contributed by atoms with Crippen molar-refractivity contribution in [3.63, 3.8) is 0 Å². The molecular formula is C23H18N3NaO6S. The quantitative estimate of drug-likeness (QED) is 0.283. The number of nitrogens with zero attached hydrogens (tertiary/aromatic N) is 3. The molecule has 0 bridgehead atoms. The van der Waals surface area contributed by atoms with Crippen molar-refractivity contribution < 1.29 is 56.7 Å². The molecule has 0 N–H and O–H groups in total. The van der Waals surface area contributed by atoms with Crippen molar-refractivity contribution >= 4 is 10.1 Å². The molecule has 1 heterocycles. The molecule has 0 spiro atoms. The first-order valence-electron chi connectivity index (χ1n) is 9.73. The molecule has 1 aromatic heterocycles. The SMILES string of the molecule is Cc1ccc(Oc2nc(Oc3ccc(C)cc3)nc(Oc3ccc(S(=O)(=O)[O-])cc3)n2)cc1.[Na+]. The summed E-state index contributed by atoms with van der Waals surface area (Å²) in [5, 5.41) is 0. The number of ether oxygens (including phenoxy) is 3. The van der Waals surface area contributed by atoms with Gasteiger partial charge in [0, 0.05) is 0 Å². The van der Waals surface area contributed by atoms with Crippen LogP contribution in [0.1, 0.15) is 11.1 Å². The molecule has 0 saturated carbocycles. The molecule has 0 saturated heterocycles. The Labute approximate surface area is 218 Å². The van der Waals surface area contributed by atoms with Crippen LogP contribution in [0.4, 0.5) is 0 Å². The van der Waals surface area contributed by atoms with E-state index in [2.05, 4.69) is 15.0 Å². The second-order valence-electron chi connectivity index (χ2n) is 7.04. The molecule has 0 fully saturated rings. The third-order valence-corrected chi connectivity index (χ3v) is 5.21. The Hall–Kier alpha value is -3.02. The summed E-state index contributed by atoms with van der Waals surface area (Å²) in [6.45, 7) is 3.91. The van der Waals surface area contributed by atoms with Crippen molar-refractivity contribution in [1.82, 2.24) is 15.0 Å². The summed E-state index contributed by atoms with van der Waals surface area (Å²) in [6.07, 6.45) is 0. The van der Waals surface area contributed by atoms with E-state index < -0.39 is 10.1 Å². The average Bonchev–Trinajstić information content (AvgIpc) is 2.77. The van der Waals surface area contributed by atoms with Crippen LogP contribution < -0.4 is 43.8 Å². The molecule has 0 aliphatic heterocycles. The van der Waals surface area contributed by atoms with Crippen molar-refractivity contribution in [1.29, 1.82) is 0 Å². The van der Waals surface area contributed by atoms with Gasteiger partial charge in [-0.05, 0) is 62.4 Å². The Bertz CT molecular complexity index is 1300. The standard InChI is InChI=1S/C23H19N3O6S.Na/c1-15-3-7-17(8-4-15)30-21-24-22(31-18-9-5-16(2)6-10-18)26-23(25-21)32-19-11-13-20(14-12-19)33(27,28)29;/h3-14H,1-2H3,(H,27,28,29);/q;+1/p-1. The van der Waals surface area contributed by atoms with E-state index in [1.165, 1.54) is 12.1 Å². The molecular weight excluding hydrogens is 469 g/mol. The summed E-state index contributed by atoms with van der Waals surface area (Å²) in [7, 11) is -4.57. The van der Waals surface area contributed by atoms with Crippen molar-refractivity contribution in [2.24, 2.45) is 0 Å². The van der Waals surface area contributed by atoms with E-state index in [1.54, 1.807) is 24.3 Å². The first kappa shape index (κ1) is 25.6. The molecule has 4 aromatic rings. The fraction of sp³-hybridized carbons (Fsp3) is 0.0870. The van der Waals surface area contributed by atoms with Gasteiger partial charge in [0.2, 0.25) is 0 Å². The molecule has 0 aliphatic rings. The Morgan fingerprint density at radius 2 is 0.882 bits per heavy atom. The number of hydrogen-bond acceptors (Lipinski definition) is 9. The number of hydrogen-bond donors (Lipinski definition) is 0. The van der Waals surface area contributed by atoms with Crippen molar-refractivity contribution in [3.05, 3.63) is 83.9 Å². The third kappa shape index (κ3) is 6.99. The summed E-state index contributed by atoms with van der Waals surface area (Å²) >= 11 is 0. The Morgan fingerprint density at radius 3 is 1.18 bits per heavy atom. The van der Waals surface area contributed by atoms with Crippen LogP contribution in [-0.4, -0.2) is 27.9 Å². The number of rotatable bonds is 7. The summed E-state index contributed by atoms with van der Waals surface area (Å²) in [4.78, 5) is 12.1. The number of benzene rings is 3. The first-order chi connectivity index (χ1) is 15.7. The number of aromatic nitrogens is 3. The van der Waals surface area contributed by atoms with E-state index in [9.17, 15) is 13.0 Å². The van der Waals surface area contributed by atoms with Gasteiger partial charge < -0.3 is 18.8 Å². The van der Waals surface area contributed by atoms with Gasteiger partial charge >= 0.3 is 47.6 Å². The zero-order valence-electron chi connectivity index (χ0n) is 18.6. The molecule has 0 aliphatic carbocycles. The maximum atomic E-state index is 11.1. The maximum absolute atomic E-state index is 11.1. The van der Waals surface area contributed by atoms with Crippen LogP contribution >= 0.6 is 0 Å². The minimum absolute atomic E-state index is 0. The monoisotopic (exact) mass is 487 g/mol. The second kappa shape index (κ2) is 10.9. The van der Waals surface area contributed by atoms with Gasteiger partial charge in [0.1, 0.15) is 27.4 Å². The summed E-state index contributed by atoms with van der Waals surface area (Å²) in [6, 6.07) is 19.2. The molecule has 9 nitrogen and oxygen atoms in total. The van der Waals surface area contributed by atoms with Crippen LogP contribution in [0.5, 0.6) is 35.3 Å². The molecule has 0 unspecified atom stereocenters. The normalized spacial score (nSPS) is 10.8. The average molecular weight is 487 g/mol. The topological polar surface area (TPSA) is 124 Å². The molecule has 0 amide bonds.